The number of amides is 1. The van der Waals surface area contributed by atoms with Crippen LogP contribution in [0.5, 0.6) is 5.75 Å². The van der Waals surface area contributed by atoms with Crippen molar-refractivity contribution in [3.63, 3.8) is 0 Å². The van der Waals surface area contributed by atoms with Crippen LogP contribution in [0.4, 0.5) is 5.69 Å². The monoisotopic (exact) mass is 292 g/mol. The lowest BCUT2D eigenvalue weighted by molar-refractivity contribution is -0.126. The molecule has 108 valence electrons. The van der Waals surface area contributed by atoms with Crippen LogP contribution in [-0.2, 0) is 4.79 Å². The molecule has 0 atom stereocenters. The molecule has 0 unspecified atom stereocenters. The average Bonchev–Trinajstić information content (AvgIpc) is 2.35. The number of ether oxygens (including phenoxy) is 1. The average molecular weight is 292 g/mol. The van der Waals surface area contributed by atoms with Gasteiger partial charge < -0.3 is 15.4 Å². The Morgan fingerprint density at radius 3 is 2.75 bits per heavy atom. The van der Waals surface area contributed by atoms with Crippen molar-refractivity contribution in [2.75, 3.05) is 11.9 Å². The normalized spacial score (nSPS) is 10.6. The lowest BCUT2D eigenvalue weighted by Gasteiger charge is -2.18. The first-order valence-corrected chi connectivity index (χ1v) is 6.70. The number of rotatable bonds is 4. The molecule has 5 heteroatoms. The highest BCUT2D eigenvalue weighted by atomic mass is 32.1. The zero-order valence-corrected chi connectivity index (χ0v) is 12.8. The Hall–Kier alpha value is -1.88. The molecule has 1 aromatic rings. The van der Waals surface area contributed by atoms with E-state index in [1.165, 1.54) is 0 Å². The SMILES string of the molecule is C=CCOc1cccc(NC(=S)NC(=O)C(C)(C)C)c1. The lowest BCUT2D eigenvalue weighted by Crippen LogP contribution is -2.41. The van der Waals surface area contributed by atoms with Crippen molar-refractivity contribution >= 4 is 28.9 Å². The van der Waals surface area contributed by atoms with E-state index in [2.05, 4.69) is 17.2 Å². The molecule has 0 saturated carbocycles. The van der Waals surface area contributed by atoms with Gasteiger partial charge in [-0.2, -0.15) is 0 Å². The fraction of sp³-hybridized carbons (Fsp3) is 0.333. The van der Waals surface area contributed by atoms with Crippen molar-refractivity contribution in [1.29, 1.82) is 0 Å². The van der Waals surface area contributed by atoms with Gasteiger partial charge in [-0.3, -0.25) is 4.79 Å². The van der Waals surface area contributed by atoms with Crippen LogP contribution in [0.1, 0.15) is 20.8 Å². The molecule has 0 radical (unpaired) electrons. The Morgan fingerprint density at radius 2 is 2.15 bits per heavy atom. The van der Waals surface area contributed by atoms with Gasteiger partial charge in [0.1, 0.15) is 12.4 Å². The van der Waals surface area contributed by atoms with Gasteiger partial charge in [-0.05, 0) is 24.4 Å². The third kappa shape index (κ3) is 5.40. The third-order valence-electron chi connectivity index (χ3n) is 2.37. The minimum absolute atomic E-state index is 0.130. The van der Waals surface area contributed by atoms with Crippen LogP contribution in [0.2, 0.25) is 0 Å². The molecule has 0 heterocycles. The number of thiocarbonyl (C=S) groups is 1. The summed E-state index contributed by atoms with van der Waals surface area (Å²) in [5.41, 5.74) is 0.270. The maximum atomic E-state index is 11.8. The number of anilines is 1. The van der Waals surface area contributed by atoms with E-state index in [1.807, 2.05) is 39.0 Å². The fourth-order valence-corrected chi connectivity index (χ4v) is 1.48. The molecule has 0 bridgehead atoms. The molecule has 0 aromatic heterocycles. The first-order chi connectivity index (χ1) is 9.32. The Morgan fingerprint density at radius 1 is 1.45 bits per heavy atom. The van der Waals surface area contributed by atoms with Crippen LogP contribution in [0.25, 0.3) is 0 Å². The van der Waals surface area contributed by atoms with Gasteiger partial charge in [-0.1, -0.05) is 39.5 Å². The summed E-state index contributed by atoms with van der Waals surface area (Å²) in [5, 5.41) is 5.88. The van der Waals surface area contributed by atoms with Gasteiger partial charge in [-0.25, -0.2) is 0 Å². The van der Waals surface area contributed by atoms with Crippen LogP contribution < -0.4 is 15.4 Å². The van der Waals surface area contributed by atoms with Gasteiger partial charge >= 0.3 is 0 Å². The summed E-state index contributed by atoms with van der Waals surface area (Å²) >= 11 is 5.11. The van der Waals surface area contributed by atoms with E-state index >= 15 is 0 Å². The largest absolute Gasteiger partial charge is 0.489 e. The van der Waals surface area contributed by atoms with E-state index in [9.17, 15) is 4.79 Å². The second kappa shape index (κ2) is 7.05. The van der Waals surface area contributed by atoms with Crippen LogP contribution in [0.15, 0.2) is 36.9 Å². The van der Waals surface area contributed by atoms with Gasteiger partial charge in [-0.15, -0.1) is 0 Å². The molecular weight excluding hydrogens is 272 g/mol. The first kappa shape index (κ1) is 16.2. The van der Waals surface area contributed by atoms with Gasteiger partial charge in [0.25, 0.3) is 0 Å². The molecule has 0 saturated heterocycles. The fourth-order valence-electron chi connectivity index (χ4n) is 1.27. The highest BCUT2D eigenvalue weighted by Crippen LogP contribution is 2.17. The van der Waals surface area contributed by atoms with E-state index in [4.69, 9.17) is 17.0 Å². The quantitative estimate of drug-likeness (QED) is 0.661. The van der Waals surface area contributed by atoms with Gasteiger partial charge in [0.15, 0.2) is 5.11 Å². The smallest absolute Gasteiger partial charge is 0.231 e. The number of nitrogens with one attached hydrogen (secondary N) is 2. The van der Waals surface area contributed by atoms with Crippen molar-refractivity contribution < 1.29 is 9.53 Å². The van der Waals surface area contributed by atoms with Crippen LogP contribution in [0.3, 0.4) is 0 Å². The number of benzene rings is 1. The van der Waals surface area contributed by atoms with Crippen molar-refractivity contribution in [3.8, 4) is 5.75 Å². The number of hydrogen-bond donors (Lipinski definition) is 2. The molecule has 2 N–H and O–H groups in total. The van der Waals surface area contributed by atoms with Gasteiger partial charge in [0.05, 0.1) is 0 Å². The molecule has 0 aliphatic carbocycles. The summed E-state index contributed by atoms with van der Waals surface area (Å²) in [6.45, 7) is 9.52. The number of hydrogen-bond acceptors (Lipinski definition) is 3. The highest BCUT2D eigenvalue weighted by Gasteiger charge is 2.21. The third-order valence-corrected chi connectivity index (χ3v) is 2.57. The summed E-state index contributed by atoms with van der Waals surface area (Å²) in [6, 6.07) is 7.33. The maximum Gasteiger partial charge on any atom is 0.231 e. The van der Waals surface area contributed by atoms with Crippen LogP contribution >= 0.6 is 12.2 Å². The topological polar surface area (TPSA) is 50.4 Å². The van der Waals surface area contributed by atoms with Gasteiger partial charge in [0, 0.05) is 17.2 Å². The minimum Gasteiger partial charge on any atom is -0.489 e. The summed E-state index contributed by atoms with van der Waals surface area (Å²) in [6.07, 6.45) is 1.67. The number of carbonyl (C=O) groups excluding carboxylic acids is 1. The Labute approximate surface area is 125 Å². The Kier molecular flexibility index (Phi) is 5.70. The van der Waals surface area contributed by atoms with E-state index in [0.29, 0.717) is 12.4 Å². The Balaban J connectivity index is 2.62. The second-order valence-electron chi connectivity index (χ2n) is 5.29. The summed E-state index contributed by atoms with van der Waals surface area (Å²) in [4.78, 5) is 11.8. The molecule has 1 rings (SSSR count). The van der Waals surface area contributed by atoms with Crippen molar-refractivity contribution in [3.05, 3.63) is 36.9 Å². The predicted octanol–water partition coefficient (Wildman–Crippen LogP) is 3.11. The standard InChI is InChI=1S/C15H20N2O2S/c1-5-9-19-12-8-6-7-11(10-12)16-14(20)17-13(18)15(2,3)4/h5-8,10H,1,9H2,2-4H3,(H2,16,17,18,20). The Bertz CT molecular complexity index is 507. The second-order valence-corrected chi connectivity index (χ2v) is 5.69. The van der Waals surface area contributed by atoms with Crippen LogP contribution in [-0.4, -0.2) is 17.6 Å². The lowest BCUT2D eigenvalue weighted by atomic mass is 9.96. The zero-order chi connectivity index (χ0) is 15.2. The molecule has 0 spiro atoms. The van der Waals surface area contributed by atoms with E-state index in [0.717, 1.165) is 5.69 Å². The van der Waals surface area contributed by atoms with E-state index in [1.54, 1.807) is 12.1 Å². The van der Waals surface area contributed by atoms with Crippen LogP contribution in [0, 0.1) is 5.41 Å². The van der Waals surface area contributed by atoms with Crippen molar-refractivity contribution in [1.82, 2.24) is 5.32 Å². The molecule has 20 heavy (non-hydrogen) atoms. The van der Waals surface area contributed by atoms with Crippen molar-refractivity contribution in [2.24, 2.45) is 5.41 Å². The summed E-state index contributed by atoms with van der Waals surface area (Å²) in [5.74, 6) is 0.578. The molecule has 4 nitrogen and oxygen atoms in total. The molecule has 0 aliphatic rings. The highest BCUT2D eigenvalue weighted by molar-refractivity contribution is 7.80. The first-order valence-electron chi connectivity index (χ1n) is 6.29. The maximum absolute atomic E-state index is 11.8. The molecular formula is C15H20N2O2S. The summed E-state index contributed by atoms with van der Waals surface area (Å²) < 4.78 is 5.42. The van der Waals surface area contributed by atoms with E-state index < -0.39 is 5.41 Å². The summed E-state index contributed by atoms with van der Waals surface area (Å²) in [7, 11) is 0. The zero-order valence-electron chi connectivity index (χ0n) is 12.0. The molecule has 0 aliphatic heterocycles. The van der Waals surface area contributed by atoms with Gasteiger partial charge in [0.2, 0.25) is 5.91 Å². The predicted molar refractivity (Wildman–Crippen MR) is 86.0 cm³/mol. The minimum atomic E-state index is -0.485. The van der Waals surface area contributed by atoms with Crippen molar-refractivity contribution in [2.45, 2.75) is 20.8 Å². The molecule has 1 amide bonds. The number of carbonyl (C=O) groups is 1. The molecule has 1 aromatic carbocycles. The van der Waals surface area contributed by atoms with E-state index in [-0.39, 0.29) is 11.0 Å². The molecule has 0 fully saturated rings.